The Kier molecular flexibility index (Phi) is 4.28. The summed E-state index contributed by atoms with van der Waals surface area (Å²) in [6.07, 6.45) is 4.04. The summed E-state index contributed by atoms with van der Waals surface area (Å²) in [5.74, 6) is 1.05. The van der Waals surface area contributed by atoms with Crippen LogP contribution in [0.1, 0.15) is 23.3 Å². The van der Waals surface area contributed by atoms with E-state index in [0.717, 1.165) is 79.5 Å². The molecule has 40 heavy (non-hydrogen) atoms. The lowest BCUT2D eigenvalue weighted by molar-refractivity contribution is 0.548. The minimum Gasteiger partial charge on any atom is -0.460 e. The zero-order valence-corrected chi connectivity index (χ0v) is 21.6. The zero-order valence-electron chi connectivity index (χ0n) is 21.6. The summed E-state index contributed by atoms with van der Waals surface area (Å²) in [4.78, 5) is 0. The molecule has 0 saturated heterocycles. The third-order valence-corrected chi connectivity index (χ3v) is 8.46. The second-order valence-corrected chi connectivity index (χ2v) is 10.6. The SMILES string of the molecule is Nc1cccc(C2=Cc3c(oc4ccccc34)CC2)c1-n1c2ccccc2c2ccc3oc4ccccc4c3c21. The molecule has 3 aromatic heterocycles. The molecule has 0 amide bonds. The van der Waals surface area contributed by atoms with Crippen LogP contribution in [0.15, 0.2) is 112 Å². The molecule has 0 spiro atoms. The number of para-hydroxylation sites is 4. The molecule has 0 bridgehead atoms. The maximum atomic E-state index is 6.91. The molecule has 1 aliphatic carbocycles. The van der Waals surface area contributed by atoms with Crippen molar-refractivity contribution in [2.24, 2.45) is 0 Å². The summed E-state index contributed by atoms with van der Waals surface area (Å²) in [7, 11) is 0. The van der Waals surface area contributed by atoms with Gasteiger partial charge in [0.2, 0.25) is 0 Å². The van der Waals surface area contributed by atoms with Gasteiger partial charge in [-0.3, -0.25) is 0 Å². The molecule has 8 aromatic rings. The summed E-state index contributed by atoms with van der Waals surface area (Å²) in [5.41, 5.74) is 17.2. The van der Waals surface area contributed by atoms with E-state index in [1.807, 2.05) is 30.3 Å². The number of rotatable bonds is 2. The van der Waals surface area contributed by atoms with Crippen LogP contribution in [0, 0.1) is 0 Å². The first kappa shape index (κ1) is 21.7. The molecule has 5 aromatic carbocycles. The first-order chi connectivity index (χ1) is 19.8. The van der Waals surface area contributed by atoms with Gasteiger partial charge in [0.1, 0.15) is 22.5 Å². The third kappa shape index (κ3) is 2.85. The van der Waals surface area contributed by atoms with Gasteiger partial charge in [0.25, 0.3) is 0 Å². The van der Waals surface area contributed by atoms with E-state index in [1.165, 1.54) is 21.9 Å². The number of nitrogen functional groups attached to an aromatic ring is 1. The fourth-order valence-corrected chi connectivity index (χ4v) is 6.73. The third-order valence-electron chi connectivity index (χ3n) is 8.46. The average molecular weight is 517 g/mol. The van der Waals surface area contributed by atoms with Gasteiger partial charge in [-0.15, -0.1) is 0 Å². The van der Waals surface area contributed by atoms with Crippen molar-refractivity contribution in [1.29, 1.82) is 0 Å². The lowest BCUT2D eigenvalue weighted by atomic mass is 9.90. The second kappa shape index (κ2) is 7.90. The molecule has 0 unspecified atom stereocenters. The lowest BCUT2D eigenvalue weighted by Crippen LogP contribution is -2.06. The Morgan fingerprint density at radius 1 is 0.600 bits per heavy atom. The van der Waals surface area contributed by atoms with Crippen molar-refractivity contribution >= 4 is 72.1 Å². The van der Waals surface area contributed by atoms with Gasteiger partial charge in [-0.25, -0.2) is 0 Å². The number of furan rings is 2. The maximum Gasteiger partial charge on any atom is 0.137 e. The fourth-order valence-electron chi connectivity index (χ4n) is 6.73. The Hall–Kier alpha value is -5.22. The highest BCUT2D eigenvalue weighted by molar-refractivity contribution is 6.24. The van der Waals surface area contributed by atoms with Crippen LogP contribution >= 0.6 is 0 Å². The van der Waals surface area contributed by atoms with E-state index in [1.54, 1.807) is 0 Å². The minimum atomic E-state index is 0.744. The topological polar surface area (TPSA) is 57.2 Å². The van der Waals surface area contributed by atoms with Crippen LogP contribution in [0.3, 0.4) is 0 Å². The van der Waals surface area contributed by atoms with Crippen LogP contribution in [0.5, 0.6) is 0 Å². The Morgan fingerprint density at radius 3 is 2.23 bits per heavy atom. The molecule has 9 rings (SSSR count). The van der Waals surface area contributed by atoms with E-state index < -0.39 is 0 Å². The second-order valence-electron chi connectivity index (χ2n) is 10.6. The van der Waals surface area contributed by atoms with Crippen molar-refractivity contribution in [3.63, 3.8) is 0 Å². The molecule has 0 atom stereocenters. The van der Waals surface area contributed by atoms with Gasteiger partial charge in [0.15, 0.2) is 0 Å². The van der Waals surface area contributed by atoms with Crippen LogP contribution in [0.2, 0.25) is 0 Å². The molecular weight excluding hydrogens is 492 g/mol. The Morgan fingerprint density at radius 2 is 1.35 bits per heavy atom. The van der Waals surface area contributed by atoms with Crippen LogP contribution in [-0.4, -0.2) is 4.57 Å². The minimum absolute atomic E-state index is 0.744. The largest absolute Gasteiger partial charge is 0.460 e. The molecule has 3 heterocycles. The van der Waals surface area contributed by atoms with E-state index in [9.17, 15) is 0 Å². The molecule has 0 aliphatic heterocycles. The number of nitrogens with zero attached hydrogens (tertiary/aromatic N) is 1. The zero-order chi connectivity index (χ0) is 26.4. The van der Waals surface area contributed by atoms with E-state index in [0.29, 0.717) is 0 Å². The molecule has 2 N–H and O–H groups in total. The molecule has 4 heteroatoms. The van der Waals surface area contributed by atoms with E-state index >= 15 is 0 Å². The predicted octanol–water partition coefficient (Wildman–Crippen LogP) is 9.50. The summed E-state index contributed by atoms with van der Waals surface area (Å²) in [5, 5.41) is 5.75. The molecule has 0 saturated carbocycles. The highest BCUT2D eigenvalue weighted by atomic mass is 16.3. The van der Waals surface area contributed by atoms with Crippen LogP contribution in [-0.2, 0) is 6.42 Å². The predicted molar refractivity (Wildman–Crippen MR) is 165 cm³/mol. The Bertz CT molecular complexity index is 2340. The molecule has 0 fully saturated rings. The van der Waals surface area contributed by atoms with Gasteiger partial charge in [-0.05, 0) is 54.5 Å². The number of aryl methyl sites for hydroxylation is 1. The average Bonchev–Trinajstić information content (AvgIpc) is 3.66. The van der Waals surface area contributed by atoms with Crippen LogP contribution < -0.4 is 5.73 Å². The molecule has 1 aliphatic rings. The number of allylic oxidation sites excluding steroid dienone is 1. The number of hydrogen-bond acceptors (Lipinski definition) is 3. The summed E-state index contributed by atoms with van der Waals surface area (Å²) < 4.78 is 14.9. The maximum absolute atomic E-state index is 6.91. The van der Waals surface area contributed by atoms with E-state index in [-0.39, 0.29) is 0 Å². The molecule has 0 radical (unpaired) electrons. The first-order valence-corrected chi connectivity index (χ1v) is 13.7. The quantitative estimate of drug-likeness (QED) is 0.233. The van der Waals surface area contributed by atoms with Gasteiger partial charge in [0, 0.05) is 39.1 Å². The Balaban J connectivity index is 1.41. The number of benzene rings is 5. The van der Waals surface area contributed by atoms with Gasteiger partial charge >= 0.3 is 0 Å². The number of aromatic nitrogens is 1. The van der Waals surface area contributed by atoms with Gasteiger partial charge in [-0.2, -0.15) is 0 Å². The van der Waals surface area contributed by atoms with Crippen LogP contribution in [0.25, 0.3) is 72.1 Å². The standard InChI is InChI=1S/C36H24N2O2/c37-28-12-7-11-22(21-16-18-32-27(20-21)24-9-2-5-14-30(24)39-32)35(28)38-29-13-4-1-8-23(29)25-17-19-33-34(36(25)38)26-10-3-6-15-31(26)40-33/h1-15,17,19-20H,16,18,37H2. The van der Waals surface area contributed by atoms with Crippen molar-refractivity contribution in [3.05, 3.63) is 120 Å². The number of fused-ring (bicyclic) bond motifs is 10. The van der Waals surface area contributed by atoms with Crippen molar-refractivity contribution in [2.45, 2.75) is 12.8 Å². The van der Waals surface area contributed by atoms with E-state index in [4.69, 9.17) is 14.6 Å². The monoisotopic (exact) mass is 516 g/mol. The summed E-state index contributed by atoms with van der Waals surface area (Å²) in [6, 6.07) is 35.7. The normalized spacial score (nSPS) is 13.6. The fraction of sp³-hybridized carbons (Fsp3) is 0.0556. The number of anilines is 1. The smallest absolute Gasteiger partial charge is 0.137 e. The van der Waals surface area contributed by atoms with Gasteiger partial charge < -0.3 is 19.1 Å². The highest BCUT2D eigenvalue weighted by Gasteiger charge is 2.25. The summed E-state index contributed by atoms with van der Waals surface area (Å²) >= 11 is 0. The van der Waals surface area contributed by atoms with Crippen molar-refractivity contribution in [1.82, 2.24) is 4.57 Å². The van der Waals surface area contributed by atoms with Gasteiger partial charge in [0.05, 0.1) is 27.8 Å². The van der Waals surface area contributed by atoms with Crippen molar-refractivity contribution < 1.29 is 8.83 Å². The molecule has 190 valence electrons. The molecule has 4 nitrogen and oxygen atoms in total. The number of nitrogens with two attached hydrogens (primary N) is 1. The van der Waals surface area contributed by atoms with Gasteiger partial charge in [-0.1, -0.05) is 66.7 Å². The first-order valence-electron chi connectivity index (χ1n) is 13.7. The lowest BCUT2D eigenvalue weighted by Gasteiger charge is -2.20. The Labute approximate surface area is 229 Å². The van der Waals surface area contributed by atoms with E-state index in [2.05, 4.69) is 83.4 Å². The van der Waals surface area contributed by atoms with Crippen molar-refractivity contribution in [3.8, 4) is 5.69 Å². The number of hydrogen-bond donors (Lipinski definition) is 1. The molecular formula is C36H24N2O2. The van der Waals surface area contributed by atoms with Crippen molar-refractivity contribution in [2.75, 3.05) is 5.73 Å². The summed E-state index contributed by atoms with van der Waals surface area (Å²) in [6.45, 7) is 0. The highest BCUT2D eigenvalue weighted by Crippen LogP contribution is 2.45. The van der Waals surface area contributed by atoms with Crippen LogP contribution in [0.4, 0.5) is 5.69 Å².